The first-order valence-electron chi connectivity index (χ1n) is 44.7. The molecule has 0 radical (unpaired) electrons. The first kappa shape index (κ1) is 97.0. The largest absolute Gasteiger partial charge is 0.508 e. The van der Waals surface area contributed by atoms with Crippen LogP contribution in [0, 0.1) is 43.4 Å². The van der Waals surface area contributed by atoms with Crippen molar-refractivity contribution in [1.29, 1.82) is 0 Å². The van der Waals surface area contributed by atoms with Crippen LogP contribution in [0.5, 0.6) is 51.7 Å². The lowest BCUT2D eigenvalue weighted by molar-refractivity contribution is -0.333. The topological polar surface area (TPSA) is 560 Å². The Labute approximate surface area is 766 Å². The summed E-state index contributed by atoms with van der Waals surface area (Å²) in [6.07, 6.45) is -14.1. The van der Waals surface area contributed by atoms with Gasteiger partial charge in [-0.05, 0) is 233 Å². The van der Waals surface area contributed by atoms with E-state index in [9.17, 15) is 50.4 Å². The molecule has 39 heteroatoms. The molecule has 7 aliphatic heterocycles. The molecule has 4 saturated carbocycles. The number of amides is 10. The quantitative estimate of drug-likeness (QED) is 0.0359. The second-order valence-electron chi connectivity index (χ2n) is 36.1. The number of nitrogens with two attached hydrogens (primary N) is 1. The van der Waals surface area contributed by atoms with Crippen molar-refractivity contribution in [3.8, 4) is 62.9 Å². The maximum Gasteiger partial charge on any atom is 0.325 e. The van der Waals surface area contributed by atoms with Crippen LogP contribution in [-0.4, -0.2) is 232 Å². The van der Waals surface area contributed by atoms with Crippen LogP contribution in [0.4, 0.5) is 10.5 Å². The average molecular weight is 1850 g/mol. The minimum absolute atomic E-state index is 0.0392. The summed E-state index contributed by atoms with van der Waals surface area (Å²) in [6.45, 7) is 15.2. The van der Waals surface area contributed by atoms with Crippen molar-refractivity contribution in [2.45, 2.75) is 222 Å². The number of nitrogens with one attached hydrogen (secondary N) is 12. The molecule has 6 aromatic carbocycles. The summed E-state index contributed by atoms with van der Waals surface area (Å²) < 4.78 is 51.6. The zero-order valence-corrected chi connectivity index (χ0v) is 75.4. The van der Waals surface area contributed by atoms with E-state index >= 15 is 33.6 Å². The summed E-state index contributed by atoms with van der Waals surface area (Å²) in [5.74, 6) is -11.0. The predicted octanol–water partition coefficient (Wildman–Crippen LogP) is 4.06. The number of aromatic hydroxyl groups is 2. The molecular weight excluding hydrogens is 1730 g/mol. The Kier molecular flexibility index (Phi) is 30.6. The summed E-state index contributed by atoms with van der Waals surface area (Å²) in [6, 6.07) is 5.37. The van der Waals surface area contributed by atoms with Gasteiger partial charge < -0.3 is 143 Å². The molecule has 6 fully saturated rings. The Morgan fingerprint density at radius 2 is 1.31 bits per heavy atom. The molecular formula is C93H118ClN13O25. The number of carbonyl (C=O) groups excluding carboxylic acids is 9. The van der Waals surface area contributed by atoms with Gasteiger partial charge in [-0.25, -0.2) is 4.79 Å². The first-order chi connectivity index (χ1) is 63.0. The molecule has 0 spiro atoms. The Balaban J connectivity index is 0.949. The Morgan fingerprint density at radius 3 is 1.96 bits per heavy atom. The van der Waals surface area contributed by atoms with E-state index in [1.165, 1.54) is 107 Å². The van der Waals surface area contributed by atoms with Gasteiger partial charge in [-0.15, -0.1) is 0 Å². The van der Waals surface area contributed by atoms with Crippen LogP contribution in [0.2, 0.25) is 5.02 Å². The average Bonchev–Trinajstić information content (AvgIpc) is 0.753. The molecule has 4 aliphatic carbocycles. The predicted molar refractivity (Wildman–Crippen MR) is 476 cm³/mol. The number of anilines is 1. The highest BCUT2D eigenvalue weighted by molar-refractivity contribution is 6.32. The molecule has 7 heterocycles. The molecule has 11 aliphatic rings. The number of urea groups is 1. The molecule has 17 rings (SSSR count). The van der Waals surface area contributed by atoms with Gasteiger partial charge in [0.25, 0.3) is 0 Å². The lowest BCUT2D eigenvalue weighted by Crippen LogP contribution is -2.64. The van der Waals surface area contributed by atoms with E-state index in [4.69, 9.17) is 55.2 Å². The maximum absolute atomic E-state index is 16.8. The number of fused-ring (bicyclic) bond motifs is 15. The van der Waals surface area contributed by atoms with Crippen LogP contribution < -0.4 is 93.2 Å². The third-order valence-electron chi connectivity index (χ3n) is 25.8. The Hall–Kier alpha value is -11.1. The first-order valence-corrected chi connectivity index (χ1v) is 45.1. The zero-order valence-electron chi connectivity index (χ0n) is 74.6. The molecule has 6 aromatic rings. The van der Waals surface area contributed by atoms with Crippen molar-refractivity contribution >= 4 is 70.6 Å². The monoisotopic (exact) mass is 1850 g/mol. The Morgan fingerprint density at radius 1 is 0.667 bits per heavy atom. The number of benzene rings is 6. The highest BCUT2D eigenvalue weighted by Crippen LogP contribution is 2.55. The van der Waals surface area contributed by atoms with Crippen LogP contribution in [0.15, 0.2) is 97.1 Å². The van der Waals surface area contributed by atoms with Crippen LogP contribution >= 0.6 is 11.6 Å². The third kappa shape index (κ3) is 21.7. The van der Waals surface area contributed by atoms with Gasteiger partial charge >= 0.3 is 6.03 Å². The van der Waals surface area contributed by atoms with Gasteiger partial charge in [0.15, 0.2) is 23.9 Å². The van der Waals surface area contributed by atoms with Gasteiger partial charge in [0.1, 0.15) is 114 Å². The number of likely N-dealkylation sites (N-methyl/N-ethyl adjacent to an activating group) is 3. The number of aliphatic hydroxyl groups is 6. The number of rotatable bonds is 25. The third-order valence-corrected chi connectivity index (χ3v) is 26.1. The van der Waals surface area contributed by atoms with Gasteiger partial charge in [0.05, 0.1) is 42.0 Å². The van der Waals surface area contributed by atoms with Crippen molar-refractivity contribution in [1.82, 2.24) is 58.5 Å². The lowest BCUT2D eigenvalue weighted by Gasteiger charge is -2.54. The van der Waals surface area contributed by atoms with E-state index in [2.05, 4.69) is 63.8 Å². The van der Waals surface area contributed by atoms with E-state index in [-0.39, 0.29) is 128 Å². The summed E-state index contributed by atoms with van der Waals surface area (Å²) in [4.78, 5) is 141. The van der Waals surface area contributed by atoms with E-state index in [1.807, 2.05) is 27.7 Å². The van der Waals surface area contributed by atoms with Crippen molar-refractivity contribution in [2.75, 3.05) is 58.4 Å². The highest BCUT2D eigenvalue weighted by atomic mass is 35.5. The fourth-order valence-electron chi connectivity index (χ4n) is 19.3. The highest BCUT2D eigenvalue weighted by Gasteiger charge is 2.53. The molecule has 18 atom stereocenters. The SMILES string of the molecule is CCNCCOc1ccc(NC(=O)NC(=O)C[C@@H]2NC(=O)[C@H](NC(=O)[C@@H](CC(C)C)NC)[C@H](O)c3ccc(c(C)c3)Oc3cc4cc(c3O[C@@H]3O[C@H](CO)[C@@H](O)[C@H](O)[C@H]3O[C@H]3C[C@](C)(N)[C@H](O)[C@H](C)O3)Oc3ccc(cc3Cl)[C@@H](O)[C@@H]3NC(=O)[C@H](NC(=O)[C@@H]4NC2=O)c2ccc(O)c(c2)-c2c(C)cc(O)cc2[C@@H](C(=O)NC2C4CC5CC(C4)CC2C5)NC3=O)c(OCCNCC)c1. The van der Waals surface area contributed by atoms with Crippen LogP contribution in [-0.2, 0) is 52.6 Å². The number of carbonyl (C=O) groups is 9. The normalized spacial score (nSPS) is 29.3. The fourth-order valence-corrected chi connectivity index (χ4v) is 19.5. The molecule has 15 bridgehead atoms. The van der Waals surface area contributed by atoms with E-state index in [0.717, 1.165) is 44.2 Å². The standard InChI is InChI=1S/C93H118ClN13O25/c1-10-97-20-22-125-54-15-16-58(64(37-54)126-23-21-98-11-2)100-92(124)101-68(111)38-60-85(118)103-73-52-34-65(128-62-18-13-48(25-42(62)5)77(112)75(89(122)99-60)106-84(117)59(96-9)24-41(3)4)81(132-91-82(80(115)79(114)67(40-108)130-91)131-69-39-93(8,95)83(116)44(7)127-69)66(35-52)129-63-19-14-49(33-57(63)94)78(113)76-90(123)105-74(88(121)102-71-50-28-45-27-46(30-50)31-51(71)29-45)56-36-53(109)26-43(6)70(56)55-32-47(12-17-61(55)110)72(86(119)107-76)104-87(73)120/h12-19,25-26,32-37,41,44-46,50-51,59-60,67,69,71-80,82-83,91,96-98,108-110,112-116H,10-11,20-24,27-31,38-40,95H2,1-9H3,(H,99,122)(H,102,121)(H,103,118)(H,104,120)(H,105,123)(H,106,117)(H,107,119)(H2,100,101,111,124)/t44-,45?,46?,50?,51?,59+,60-,67+,69-,71?,72+,73+,74-,75+,76-,77+,78+,79+,80-,82+,83+,91-,93-/m0/s1. The number of hydrogen-bond donors (Lipinski definition) is 21. The van der Waals surface area contributed by atoms with Crippen molar-refractivity contribution in [3.63, 3.8) is 0 Å². The molecule has 38 nitrogen and oxygen atoms in total. The number of phenolic OH excluding ortho intramolecular Hbond substituents is 2. The molecule has 0 unspecified atom stereocenters. The summed E-state index contributed by atoms with van der Waals surface area (Å²) >= 11 is 7.36. The summed E-state index contributed by atoms with van der Waals surface area (Å²) in [7, 11) is 1.50. The smallest absolute Gasteiger partial charge is 0.325 e. The molecule has 10 amide bonds. The van der Waals surface area contributed by atoms with Crippen molar-refractivity contribution < 1.29 is 122 Å². The van der Waals surface area contributed by atoms with Gasteiger partial charge in [0.2, 0.25) is 59.3 Å². The molecule has 2 saturated heterocycles. The second-order valence-corrected chi connectivity index (χ2v) is 36.5. The van der Waals surface area contributed by atoms with Gasteiger partial charge in [-0.1, -0.05) is 57.5 Å². The van der Waals surface area contributed by atoms with E-state index in [0.29, 0.717) is 43.8 Å². The van der Waals surface area contributed by atoms with Gasteiger partial charge in [0, 0.05) is 42.7 Å². The molecule has 712 valence electrons. The number of imide groups is 1. The van der Waals surface area contributed by atoms with E-state index in [1.54, 1.807) is 13.0 Å². The zero-order chi connectivity index (χ0) is 94.6. The van der Waals surface area contributed by atoms with E-state index < -0.39 is 204 Å². The van der Waals surface area contributed by atoms with Crippen LogP contribution in [0.3, 0.4) is 0 Å². The number of phenols is 2. The molecule has 132 heavy (non-hydrogen) atoms. The number of ether oxygens (including phenoxy) is 8. The summed E-state index contributed by atoms with van der Waals surface area (Å²) in [5.41, 5.74) is 4.68. The van der Waals surface area contributed by atoms with Crippen molar-refractivity contribution in [3.05, 3.63) is 141 Å². The fraction of sp³-hybridized carbons (Fsp3) is 0.516. The number of aliphatic hydroxyl groups excluding tert-OH is 6. The second kappa shape index (κ2) is 41.6. The van der Waals surface area contributed by atoms with Crippen LogP contribution in [0.1, 0.15) is 162 Å². The minimum Gasteiger partial charge on any atom is -0.508 e. The number of halogens is 1. The minimum atomic E-state index is -2.38. The molecule has 22 N–H and O–H groups in total. The van der Waals surface area contributed by atoms with Gasteiger partial charge in [-0.2, -0.15) is 0 Å². The number of aryl methyl sites for hydroxylation is 2. The Bertz CT molecular complexity index is 5270. The maximum atomic E-state index is 16.8. The van der Waals surface area contributed by atoms with Gasteiger partial charge in [-0.3, -0.25) is 43.7 Å². The lowest BCUT2D eigenvalue weighted by atomic mass is 9.54. The molecule has 0 aromatic heterocycles. The van der Waals surface area contributed by atoms with Crippen LogP contribution in [0.25, 0.3) is 11.1 Å². The van der Waals surface area contributed by atoms with Crippen molar-refractivity contribution in [2.24, 2.45) is 35.3 Å². The number of hydrogen-bond acceptors (Lipinski definition) is 29. The summed E-state index contributed by atoms with van der Waals surface area (Å²) in [5, 5.41) is 129.